The van der Waals surface area contributed by atoms with Crippen LogP contribution in [0.15, 0.2) is 54.6 Å². The molecule has 0 saturated carbocycles. The summed E-state index contributed by atoms with van der Waals surface area (Å²) in [5, 5.41) is 12.1. The number of hydrogen-bond donors (Lipinski definition) is 2. The molecular formula is C22H28N2O3. The summed E-state index contributed by atoms with van der Waals surface area (Å²) in [5.74, 6) is -1.42. The van der Waals surface area contributed by atoms with Gasteiger partial charge in [0.2, 0.25) is 0 Å². The highest BCUT2D eigenvalue weighted by Crippen LogP contribution is 2.11. The van der Waals surface area contributed by atoms with E-state index in [4.69, 9.17) is 0 Å². The number of rotatable bonds is 9. The molecule has 2 N–H and O–H groups in total. The number of nitrogens with one attached hydrogen (secondary N) is 1. The van der Waals surface area contributed by atoms with E-state index in [1.807, 2.05) is 42.5 Å². The van der Waals surface area contributed by atoms with Crippen molar-refractivity contribution in [2.75, 3.05) is 6.54 Å². The molecule has 0 aliphatic rings. The molecule has 0 fully saturated rings. The van der Waals surface area contributed by atoms with Crippen LogP contribution >= 0.6 is 0 Å². The van der Waals surface area contributed by atoms with Gasteiger partial charge in [-0.25, -0.2) is 4.79 Å². The predicted octanol–water partition coefficient (Wildman–Crippen LogP) is 3.34. The van der Waals surface area contributed by atoms with Crippen molar-refractivity contribution in [3.05, 3.63) is 71.3 Å². The zero-order chi connectivity index (χ0) is 19.8. The quantitative estimate of drug-likeness (QED) is 0.712. The number of hydrogen-bond acceptors (Lipinski definition) is 3. The normalized spacial score (nSPS) is 12.2. The van der Waals surface area contributed by atoms with Gasteiger partial charge in [0.1, 0.15) is 6.04 Å². The van der Waals surface area contributed by atoms with Crippen LogP contribution in [0.4, 0.5) is 0 Å². The molecule has 0 aromatic heterocycles. The SMILES string of the molecule is CCN(Cc1ccc(C(=O)N[C@H](Cc2ccccc2)C(=O)O)cc1)C(C)C. The average molecular weight is 368 g/mol. The summed E-state index contributed by atoms with van der Waals surface area (Å²) in [4.78, 5) is 26.3. The van der Waals surface area contributed by atoms with E-state index in [1.54, 1.807) is 12.1 Å². The van der Waals surface area contributed by atoms with E-state index in [1.165, 1.54) is 0 Å². The summed E-state index contributed by atoms with van der Waals surface area (Å²) in [5.41, 5.74) is 2.46. The zero-order valence-corrected chi connectivity index (χ0v) is 16.2. The third-order valence-electron chi connectivity index (χ3n) is 4.62. The Morgan fingerprint density at radius 1 is 1.00 bits per heavy atom. The van der Waals surface area contributed by atoms with Gasteiger partial charge in [0.25, 0.3) is 5.91 Å². The third kappa shape index (κ3) is 6.22. The van der Waals surface area contributed by atoms with Crippen molar-refractivity contribution in [2.24, 2.45) is 0 Å². The lowest BCUT2D eigenvalue weighted by Gasteiger charge is -2.24. The number of carboxylic acids is 1. The van der Waals surface area contributed by atoms with Crippen molar-refractivity contribution in [3.8, 4) is 0 Å². The van der Waals surface area contributed by atoms with E-state index >= 15 is 0 Å². The molecule has 0 bridgehead atoms. The fraction of sp³-hybridized carbons (Fsp3) is 0.364. The van der Waals surface area contributed by atoms with Crippen molar-refractivity contribution in [3.63, 3.8) is 0 Å². The maximum absolute atomic E-state index is 12.5. The minimum Gasteiger partial charge on any atom is -0.480 e. The molecule has 0 spiro atoms. The minimum atomic E-state index is -1.04. The van der Waals surface area contributed by atoms with Gasteiger partial charge in [-0.05, 0) is 43.7 Å². The van der Waals surface area contributed by atoms with Crippen molar-refractivity contribution in [1.82, 2.24) is 10.2 Å². The number of amides is 1. The van der Waals surface area contributed by atoms with Crippen LogP contribution < -0.4 is 5.32 Å². The Bertz CT molecular complexity index is 742. The first-order valence-corrected chi connectivity index (χ1v) is 9.31. The van der Waals surface area contributed by atoms with Gasteiger partial charge in [0, 0.05) is 24.6 Å². The summed E-state index contributed by atoms with van der Waals surface area (Å²) >= 11 is 0. The Labute approximate surface area is 161 Å². The van der Waals surface area contributed by atoms with Crippen LogP contribution in [0.2, 0.25) is 0 Å². The van der Waals surface area contributed by atoms with Gasteiger partial charge in [0.15, 0.2) is 0 Å². The largest absolute Gasteiger partial charge is 0.480 e. The number of aliphatic carboxylic acids is 1. The highest BCUT2D eigenvalue weighted by Gasteiger charge is 2.21. The van der Waals surface area contributed by atoms with Crippen molar-refractivity contribution in [2.45, 2.75) is 45.8 Å². The van der Waals surface area contributed by atoms with Crippen LogP contribution in [0.1, 0.15) is 42.3 Å². The van der Waals surface area contributed by atoms with Crippen LogP contribution in [-0.4, -0.2) is 40.5 Å². The summed E-state index contributed by atoms with van der Waals surface area (Å²) in [7, 11) is 0. The van der Waals surface area contributed by atoms with Crippen LogP contribution in [0, 0.1) is 0 Å². The molecule has 0 saturated heterocycles. The molecular weight excluding hydrogens is 340 g/mol. The summed E-state index contributed by atoms with van der Waals surface area (Å²) in [6.07, 6.45) is 0.250. The van der Waals surface area contributed by atoms with E-state index < -0.39 is 12.0 Å². The molecule has 0 aliphatic heterocycles. The highest BCUT2D eigenvalue weighted by molar-refractivity contribution is 5.96. The standard InChI is InChI=1S/C22H28N2O3/c1-4-24(16(2)3)15-18-10-12-19(13-11-18)21(25)23-20(22(26)27)14-17-8-6-5-7-9-17/h5-13,16,20H,4,14-15H2,1-3H3,(H,23,25)(H,26,27)/t20-/m1/s1. The third-order valence-corrected chi connectivity index (χ3v) is 4.62. The van der Waals surface area contributed by atoms with E-state index in [0.717, 1.165) is 24.2 Å². The lowest BCUT2D eigenvalue weighted by molar-refractivity contribution is -0.139. The Morgan fingerprint density at radius 3 is 2.15 bits per heavy atom. The lowest BCUT2D eigenvalue weighted by Crippen LogP contribution is -2.42. The van der Waals surface area contributed by atoms with Crippen LogP contribution in [0.25, 0.3) is 0 Å². The Balaban J connectivity index is 2.02. The van der Waals surface area contributed by atoms with E-state index in [-0.39, 0.29) is 12.3 Å². The molecule has 0 unspecified atom stereocenters. The van der Waals surface area contributed by atoms with Gasteiger partial charge in [-0.1, -0.05) is 49.4 Å². The number of carboxylic acid groups (broad SMARTS) is 1. The molecule has 0 radical (unpaired) electrons. The van der Waals surface area contributed by atoms with Gasteiger partial charge in [-0.15, -0.1) is 0 Å². The van der Waals surface area contributed by atoms with Gasteiger partial charge >= 0.3 is 5.97 Å². The van der Waals surface area contributed by atoms with Crippen molar-refractivity contribution in [1.29, 1.82) is 0 Å². The topological polar surface area (TPSA) is 69.6 Å². The number of carbonyl (C=O) groups is 2. The Hall–Kier alpha value is -2.66. The molecule has 5 nitrogen and oxygen atoms in total. The second-order valence-electron chi connectivity index (χ2n) is 6.91. The summed E-state index contributed by atoms with van der Waals surface area (Å²) in [6.45, 7) is 8.22. The maximum atomic E-state index is 12.5. The lowest BCUT2D eigenvalue weighted by atomic mass is 10.0. The van der Waals surface area contributed by atoms with Crippen LogP contribution in [0.3, 0.4) is 0 Å². The second kappa shape index (κ2) is 9.88. The van der Waals surface area contributed by atoms with E-state index in [2.05, 4.69) is 31.0 Å². The first-order valence-electron chi connectivity index (χ1n) is 9.31. The number of benzene rings is 2. The number of carbonyl (C=O) groups excluding carboxylic acids is 1. The highest BCUT2D eigenvalue weighted by atomic mass is 16.4. The minimum absolute atomic E-state index is 0.250. The first-order chi connectivity index (χ1) is 12.9. The fourth-order valence-corrected chi connectivity index (χ4v) is 2.95. The summed E-state index contributed by atoms with van der Waals surface area (Å²) < 4.78 is 0. The Morgan fingerprint density at radius 2 is 1.63 bits per heavy atom. The molecule has 2 aromatic carbocycles. The number of nitrogens with zero attached hydrogens (tertiary/aromatic N) is 1. The van der Waals surface area contributed by atoms with Gasteiger partial charge < -0.3 is 10.4 Å². The molecule has 0 heterocycles. The van der Waals surface area contributed by atoms with Crippen molar-refractivity contribution < 1.29 is 14.7 Å². The molecule has 144 valence electrons. The van der Waals surface area contributed by atoms with Gasteiger partial charge in [0.05, 0.1) is 0 Å². The molecule has 27 heavy (non-hydrogen) atoms. The Kier molecular flexibility index (Phi) is 7.55. The second-order valence-corrected chi connectivity index (χ2v) is 6.91. The molecule has 2 aromatic rings. The van der Waals surface area contributed by atoms with Crippen LogP contribution in [-0.2, 0) is 17.8 Å². The molecule has 2 rings (SSSR count). The monoisotopic (exact) mass is 368 g/mol. The predicted molar refractivity (Wildman–Crippen MR) is 107 cm³/mol. The van der Waals surface area contributed by atoms with Crippen LogP contribution in [0.5, 0.6) is 0 Å². The molecule has 0 aliphatic carbocycles. The van der Waals surface area contributed by atoms with E-state index in [0.29, 0.717) is 11.6 Å². The fourth-order valence-electron chi connectivity index (χ4n) is 2.95. The first kappa shape index (κ1) is 20.6. The molecule has 5 heteroatoms. The van der Waals surface area contributed by atoms with E-state index in [9.17, 15) is 14.7 Å². The maximum Gasteiger partial charge on any atom is 0.326 e. The molecule has 1 amide bonds. The van der Waals surface area contributed by atoms with Gasteiger partial charge in [-0.3, -0.25) is 9.69 Å². The average Bonchev–Trinajstić information content (AvgIpc) is 2.66. The zero-order valence-electron chi connectivity index (χ0n) is 16.2. The summed E-state index contributed by atoms with van der Waals surface area (Å²) in [6, 6.07) is 16.1. The molecule has 1 atom stereocenters. The van der Waals surface area contributed by atoms with Gasteiger partial charge in [-0.2, -0.15) is 0 Å². The van der Waals surface area contributed by atoms with Crippen molar-refractivity contribution >= 4 is 11.9 Å². The smallest absolute Gasteiger partial charge is 0.326 e.